The van der Waals surface area contributed by atoms with Crippen LogP contribution in [0.2, 0.25) is 0 Å². The highest BCUT2D eigenvalue weighted by molar-refractivity contribution is 14.0. The van der Waals surface area contributed by atoms with Gasteiger partial charge in [0.05, 0.1) is 26.5 Å². The minimum Gasteiger partial charge on any atom is -0.497 e. The molecule has 0 bridgehead atoms. The van der Waals surface area contributed by atoms with Crippen LogP contribution >= 0.6 is 24.0 Å². The van der Waals surface area contributed by atoms with Crippen molar-refractivity contribution in [2.24, 2.45) is 10.7 Å². The Balaban J connectivity index is 0.00000261. The predicted molar refractivity (Wildman–Crippen MR) is 122 cm³/mol. The smallest absolute Gasteiger partial charge is 0.193 e. The first kappa shape index (κ1) is 20.9. The lowest BCUT2D eigenvalue weighted by molar-refractivity contribution is 0.405. The van der Waals surface area contributed by atoms with Crippen LogP contribution in [0.1, 0.15) is 5.56 Å². The zero-order valence-corrected chi connectivity index (χ0v) is 17.8. The number of methoxy groups -OCH3 is 2. The number of halogens is 1. The lowest BCUT2D eigenvalue weighted by Gasteiger charge is -2.17. The second kappa shape index (κ2) is 10.1. The minimum absolute atomic E-state index is 0. The molecule has 7 heteroatoms. The maximum atomic E-state index is 6.02. The van der Waals surface area contributed by atoms with Crippen molar-refractivity contribution < 1.29 is 9.47 Å². The molecule has 0 aliphatic carbocycles. The Kier molecular flexibility index (Phi) is 7.78. The number of rotatable bonds is 6. The van der Waals surface area contributed by atoms with Crippen molar-refractivity contribution in [3.05, 3.63) is 60.2 Å². The third-order valence-corrected chi connectivity index (χ3v) is 4.22. The van der Waals surface area contributed by atoms with E-state index in [9.17, 15) is 0 Å². The molecule has 3 rings (SSSR count). The SMILES string of the molecule is COc1ccc(OC)c(NC(N)=NCc2ccc(N3CC=CC3)cc2)c1.I. The third-order valence-electron chi connectivity index (χ3n) is 4.22. The number of hydrogen-bond acceptors (Lipinski definition) is 4. The van der Waals surface area contributed by atoms with Crippen LogP contribution in [0.3, 0.4) is 0 Å². The van der Waals surface area contributed by atoms with Crippen LogP contribution < -0.4 is 25.4 Å². The first-order valence-electron chi connectivity index (χ1n) is 8.47. The topological polar surface area (TPSA) is 72.1 Å². The lowest BCUT2D eigenvalue weighted by Crippen LogP contribution is -2.23. The Morgan fingerprint density at radius 2 is 1.78 bits per heavy atom. The van der Waals surface area contributed by atoms with Crippen molar-refractivity contribution >= 4 is 41.3 Å². The number of benzene rings is 2. The predicted octanol–water partition coefficient (Wildman–Crippen LogP) is 3.62. The molecule has 6 nitrogen and oxygen atoms in total. The fraction of sp³-hybridized carbons (Fsp3) is 0.250. The van der Waals surface area contributed by atoms with E-state index < -0.39 is 0 Å². The summed E-state index contributed by atoms with van der Waals surface area (Å²) in [5.41, 5.74) is 9.05. The van der Waals surface area contributed by atoms with E-state index >= 15 is 0 Å². The van der Waals surface area contributed by atoms with Crippen molar-refractivity contribution in [2.75, 3.05) is 37.5 Å². The minimum atomic E-state index is 0. The number of nitrogens with zero attached hydrogens (tertiary/aromatic N) is 2. The van der Waals surface area contributed by atoms with Crippen LogP contribution in [0, 0.1) is 0 Å². The fourth-order valence-electron chi connectivity index (χ4n) is 2.77. The van der Waals surface area contributed by atoms with E-state index in [1.165, 1.54) is 5.69 Å². The van der Waals surface area contributed by atoms with Gasteiger partial charge in [0.2, 0.25) is 0 Å². The van der Waals surface area contributed by atoms with Gasteiger partial charge in [-0.1, -0.05) is 24.3 Å². The Morgan fingerprint density at radius 1 is 1.07 bits per heavy atom. The van der Waals surface area contributed by atoms with Crippen molar-refractivity contribution in [1.82, 2.24) is 0 Å². The fourth-order valence-corrected chi connectivity index (χ4v) is 2.77. The second-order valence-electron chi connectivity index (χ2n) is 5.94. The summed E-state index contributed by atoms with van der Waals surface area (Å²) in [5, 5.41) is 3.07. The van der Waals surface area contributed by atoms with Gasteiger partial charge >= 0.3 is 0 Å². The Labute approximate surface area is 177 Å². The van der Waals surface area contributed by atoms with Crippen molar-refractivity contribution in [3.63, 3.8) is 0 Å². The van der Waals surface area contributed by atoms with Gasteiger partial charge in [-0.15, -0.1) is 24.0 Å². The van der Waals surface area contributed by atoms with Crippen LogP contribution in [0.25, 0.3) is 0 Å². The van der Waals surface area contributed by atoms with Crippen molar-refractivity contribution in [2.45, 2.75) is 6.54 Å². The van der Waals surface area contributed by atoms with Gasteiger partial charge in [0.25, 0.3) is 0 Å². The maximum Gasteiger partial charge on any atom is 0.193 e. The average Bonchev–Trinajstić information content (AvgIpc) is 3.21. The van der Waals surface area contributed by atoms with E-state index in [4.69, 9.17) is 15.2 Å². The summed E-state index contributed by atoms with van der Waals surface area (Å²) >= 11 is 0. The highest BCUT2D eigenvalue weighted by atomic mass is 127. The van der Waals surface area contributed by atoms with Crippen LogP contribution in [0.4, 0.5) is 11.4 Å². The van der Waals surface area contributed by atoms with Gasteiger partial charge in [-0.2, -0.15) is 0 Å². The number of hydrogen-bond donors (Lipinski definition) is 2. The molecule has 3 N–H and O–H groups in total. The summed E-state index contributed by atoms with van der Waals surface area (Å²) in [4.78, 5) is 6.71. The average molecular weight is 480 g/mol. The molecule has 0 fully saturated rings. The van der Waals surface area contributed by atoms with E-state index in [2.05, 4.69) is 51.6 Å². The molecule has 1 heterocycles. The first-order valence-corrected chi connectivity index (χ1v) is 8.47. The van der Waals surface area contributed by atoms with Crippen molar-refractivity contribution in [1.29, 1.82) is 0 Å². The first-order chi connectivity index (χ1) is 12.7. The van der Waals surface area contributed by atoms with Crippen molar-refractivity contribution in [3.8, 4) is 11.5 Å². The van der Waals surface area contributed by atoms with Gasteiger partial charge in [0.15, 0.2) is 5.96 Å². The maximum absolute atomic E-state index is 6.02. The van der Waals surface area contributed by atoms with E-state index in [0.29, 0.717) is 29.7 Å². The molecule has 0 saturated carbocycles. The quantitative estimate of drug-likeness (QED) is 0.286. The molecule has 1 aliphatic heterocycles. The number of guanidine groups is 1. The zero-order chi connectivity index (χ0) is 18.4. The highest BCUT2D eigenvalue weighted by Crippen LogP contribution is 2.28. The van der Waals surface area contributed by atoms with Crippen LogP contribution in [-0.2, 0) is 6.54 Å². The Morgan fingerprint density at radius 3 is 2.41 bits per heavy atom. The number of nitrogens with two attached hydrogens (primary N) is 1. The van der Waals surface area contributed by atoms with Crippen LogP contribution in [0.15, 0.2) is 59.6 Å². The summed E-state index contributed by atoms with van der Waals surface area (Å²) in [6.45, 7) is 2.44. The van der Waals surface area contributed by atoms with Gasteiger partial charge in [0, 0.05) is 24.8 Å². The number of ether oxygens (including phenoxy) is 2. The number of anilines is 2. The highest BCUT2D eigenvalue weighted by Gasteiger charge is 2.08. The largest absolute Gasteiger partial charge is 0.497 e. The van der Waals surface area contributed by atoms with Gasteiger partial charge in [-0.05, 0) is 29.8 Å². The molecule has 2 aromatic rings. The molecule has 0 radical (unpaired) electrons. The molecular weight excluding hydrogens is 455 g/mol. The molecule has 0 atom stereocenters. The van der Waals surface area contributed by atoms with Gasteiger partial charge in [-0.3, -0.25) is 0 Å². The monoisotopic (exact) mass is 480 g/mol. The standard InChI is InChI=1S/C20H24N4O2.HI/c1-25-17-9-10-19(26-2)18(13-17)23-20(21)22-14-15-5-7-16(8-6-15)24-11-3-4-12-24;/h3-10,13H,11-12,14H2,1-2H3,(H3,21,22,23);1H. The summed E-state index contributed by atoms with van der Waals surface area (Å²) in [6, 6.07) is 13.9. The summed E-state index contributed by atoms with van der Waals surface area (Å²) < 4.78 is 10.6. The molecule has 0 amide bonds. The lowest BCUT2D eigenvalue weighted by atomic mass is 10.2. The molecule has 27 heavy (non-hydrogen) atoms. The zero-order valence-electron chi connectivity index (χ0n) is 15.5. The van der Waals surface area contributed by atoms with Crippen LogP contribution in [-0.4, -0.2) is 33.3 Å². The van der Waals surface area contributed by atoms with Gasteiger partial charge < -0.3 is 25.4 Å². The third kappa shape index (κ3) is 5.53. The van der Waals surface area contributed by atoms with E-state index in [-0.39, 0.29) is 24.0 Å². The molecule has 0 aromatic heterocycles. The summed E-state index contributed by atoms with van der Waals surface area (Å²) in [5.74, 6) is 1.71. The molecule has 0 unspecified atom stereocenters. The van der Waals surface area contributed by atoms with Crippen LogP contribution in [0.5, 0.6) is 11.5 Å². The van der Waals surface area contributed by atoms with Gasteiger partial charge in [0.1, 0.15) is 11.5 Å². The molecular formula is C20H25IN4O2. The molecule has 0 saturated heterocycles. The second-order valence-corrected chi connectivity index (χ2v) is 5.94. The molecule has 1 aliphatic rings. The van der Waals surface area contributed by atoms with E-state index in [0.717, 1.165) is 18.7 Å². The number of nitrogens with one attached hydrogen (secondary N) is 1. The molecule has 2 aromatic carbocycles. The Bertz CT molecular complexity index is 798. The normalized spacial score (nSPS) is 13.3. The number of aliphatic imine (C=N–C) groups is 1. The van der Waals surface area contributed by atoms with E-state index in [1.54, 1.807) is 14.2 Å². The molecule has 0 spiro atoms. The summed E-state index contributed by atoms with van der Waals surface area (Å²) in [6.07, 6.45) is 4.36. The summed E-state index contributed by atoms with van der Waals surface area (Å²) in [7, 11) is 3.22. The Hall–Kier alpha value is -2.42. The van der Waals surface area contributed by atoms with Gasteiger partial charge in [-0.25, -0.2) is 4.99 Å². The molecule has 144 valence electrons. The van der Waals surface area contributed by atoms with E-state index in [1.807, 2.05) is 18.2 Å².